The van der Waals surface area contributed by atoms with E-state index in [9.17, 15) is 18.0 Å². The summed E-state index contributed by atoms with van der Waals surface area (Å²) in [6.07, 6.45) is -4.57. The highest BCUT2D eigenvalue weighted by Gasteiger charge is 2.37. The molecule has 0 radical (unpaired) electrons. The van der Waals surface area contributed by atoms with Crippen LogP contribution in [0.25, 0.3) is 11.1 Å². The lowest BCUT2D eigenvalue weighted by Gasteiger charge is -2.17. The number of hydrogen-bond donors (Lipinski definition) is 1. The second-order valence-electron chi connectivity index (χ2n) is 5.37. The third-order valence-corrected chi connectivity index (χ3v) is 3.59. The molecule has 0 atom stereocenters. The quantitative estimate of drug-likeness (QED) is 0.909. The highest BCUT2D eigenvalue weighted by molar-refractivity contribution is 5.95. The van der Waals surface area contributed by atoms with Gasteiger partial charge in [0.1, 0.15) is 0 Å². The van der Waals surface area contributed by atoms with Crippen molar-refractivity contribution in [1.29, 1.82) is 0 Å². The first-order valence-corrected chi connectivity index (χ1v) is 7.22. The Bertz CT molecular complexity index is 726. The molecule has 0 spiro atoms. The number of hydrogen-bond acceptors (Lipinski definition) is 3. The molecule has 8 heteroatoms. The molecule has 0 bridgehead atoms. The Kier molecular flexibility index (Phi) is 5.28. The van der Waals surface area contributed by atoms with Crippen molar-refractivity contribution >= 4 is 5.91 Å². The maximum atomic E-state index is 13.1. The Morgan fingerprint density at radius 3 is 2.71 bits per heavy atom. The van der Waals surface area contributed by atoms with E-state index in [2.05, 4.69) is 10.2 Å². The normalized spacial score (nSPS) is 11.6. The number of H-pyrrole nitrogens is 1. The second kappa shape index (κ2) is 7.04. The van der Waals surface area contributed by atoms with Crippen LogP contribution in [0.5, 0.6) is 0 Å². The highest BCUT2D eigenvalue weighted by atomic mass is 19.4. The summed E-state index contributed by atoms with van der Waals surface area (Å²) in [5.41, 5.74) is -0.145. The average molecular weight is 341 g/mol. The van der Waals surface area contributed by atoms with Crippen molar-refractivity contribution in [3.63, 3.8) is 0 Å². The van der Waals surface area contributed by atoms with Gasteiger partial charge in [0.15, 0.2) is 5.69 Å². The summed E-state index contributed by atoms with van der Waals surface area (Å²) in [4.78, 5) is 13.8. The van der Waals surface area contributed by atoms with Gasteiger partial charge < -0.3 is 9.64 Å². The molecule has 0 aliphatic rings. The number of benzene rings is 1. The molecule has 0 saturated carbocycles. The van der Waals surface area contributed by atoms with Crippen molar-refractivity contribution in [2.75, 3.05) is 27.3 Å². The number of halogens is 3. The van der Waals surface area contributed by atoms with Crippen molar-refractivity contribution in [1.82, 2.24) is 15.1 Å². The van der Waals surface area contributed by atoms with Gasteiger partial charge in [0.25, 0.3) is 5.91 Å². The van der Waals surface area contributed by atoms with Crippen LogP contribution in [0.4, 0.5) is 13.2 Å². The number of nitrogens with zero attached hydrogens (tertiary/aromatic N) is 2. The SMILES string of the molecule is COCCN(C)C(=O)c1cccc(-c2c(C(F)(F)F)n[nH]c2C)c1. The van der Waals surface area contributed by atoms with E-state index in [1.54, 1.807) is 19.2 Å². The predicted octanol–water partition coefficient (Wildman–Crippen LogP) is 3.12. The Hall–Kier alpha value is -2.35. The number of rotatable bonds is 5. The molecular formula is C16H18F3N3O2. The summed E-state index contributed by atoms with van der Waals surface area (Å²) in [5, 5.41) is 5.71. The summed E-state index contributed by atoms with van der Waals surface area (Å²) < 4.78 is 44.2. The van der Waals surface area contributed by atoms with E-state index in [-0.39, 0.29) is 11.5 Å². The predicted molar refractivity (Wildman–Crippen MR) is 82.6 cm³/mol. The first-order valence-electron chi connectivity index (χ1n) is 7.22. The molecule has 1 aromatic carbocycles. The number of aryl methyl sites for hydroxylation is 1. The van der Waals surface area contributed by atoms with Crippen LogP contribution in [0, 0.1) is 6.92 Å². The molecule has 1 amide bonds. The van der Waals surface area contributed by atoms with Gasteiger partial charge in [0, 0.05) is 37.5 Å². The van der Waals surface area contributed by atoms with Crippen LogP contribution in [0.3, 0.4) is 0 Å². The van der Waals surface area contributed by atoms with Gasteiger partial charge in [-0.3, -0.25) is 9.89 Å². The van der Waals surface area contributed by atoms with Gasteiger partial charge in [-0.2, -0.15) is 18.3 Å². The summed E-state index contributed by atoms with van der Waals surface area (Å²) >= 11 is 0. The molecule has 2 rings (SSSR count). The Morgan fingerprint density at radius 1 is 1.38 bits per heavy atom. The van der Waals surface area contributed by atoms with Crippen LogP contribution < -0.4 is 0 Å². The summed E-state index contributed by atoms with van der Waals surface area (Å²) in [6, 6.07) is 6.09. The van der Waals surface area contributed by atoms with Gasteiger partial charge in [-0.25, -0.2) is 0 Å². The van der Waals surface area contributed by atoms with Gasteiger partial charge in [-0.05, 0) is 24.6 Å². The number of alkyl halides is 3. The Labute approximate surface area is 137 Å². The summed E-state index contributed by atoms with van der Waals surface area (Å²) in [5.74, 6) is -0.288. The molecule has 5 nitrogen and oxygen atoms in total. The van der Waals surface area contributed by atoms with Crippen LogP contribution in [-0.4, -0.2) is 48.3 Å². The first kappa shape index (κ1) is 18.0. The monoisotopic (exact) mass is 341 g/mol. The van der Waals surface area contributed by atoms with E-state index in [0.29, 0.717) is 30.0 Å². The number of aromatic nitrogens is 2. The van der Waals surface area contributed by atoms with E-state index < -0.39 is 11.9 Å². The summed E-state index contributed by atoms with van der Waals surface area (Å²) in [6.45, 7) is 2.27. The molecule has 1 heterocycles. The third-order valence-electron chi connectivity index (χ3n) is 3.59. The highest BCUT2D eigenvalue weighted by Crippen LogP contribution is 2.37. The van der Waals surface area contributed by atoms with Gasteiger partial charge in [0.2, 0.25) is 0 Å². The Balaban J connectivity index is 2.39. The number of amides is 1. The lowest BCUT2D eigenvalue weighted by atomic mass is 10.0. The van der Waals surface area contributed by atoms with Gasteiger partial charge >= 0.3 is 6.18 Å². The maximum Gasteiger partial charge on any atom is 0.435 e. The largest absolute Gasteiger partial charge is 0.435 e. The fourth-order valence-corrected chi connectivity index (χ4v) is 2.35. The van der Waals surface area contributed by atoms with Crippen LogP contribution >= 0.6 is 0 Å². The van der Waals surface area contributed by atoms with E-state index in [1.807, 2.05) is 0 Å². The molecule has 2 aromatic rings. The third kappa shape index (κ3) is 3.76. The van der Waals surface area contributed by atoms with Crippen LogP contribution in [0.15, 0.2) is 24.3 Å². The summed E-state index contributed by atoms with van der Waals surface area (Å²) in [7, 11) is 3.14. The molecule has 24 heavy (non-hydrogen) atoms. The van der Waals surface area contributed by atoms with Crippen molar-refractivity contribution in [3.8, 4) is 11.1 Å². The molecule has 1 N–H and O–H groups in total. The number of nitrogens with one attached hydrogen (secondary N) is 1. The van der Waals surface area contributed by atoms with Crippen molar-refractivity contribution in [3.05, 3.63) is 41.2 Å². The van der Waals surface area contributed by atoms with E-state index in [4.69, 9.17) is 4.74 Å². The van der Waals surface area contributed by atoms with Crippen LogP contribution in [0.2, 0.25) is 0 Å². The standard InChI is InChI=1S/C16H18F3N3O2/c1-10-13(14(21-20-10)16(17,18)19)11-5-4-6-12(9-11)15(23)22(2)7-8-24-3/h4-6,9H,7-8H2,1-3H3,(H,20,21). The molecule has 130 valence electrons. The number of carbonyl (C=O) groups is 1. The average Bonchev–Trinajstić information content (AvgIpc) is 2.94. The zero-order valence-electron chi connectivity index (χ0n) is 13.6. The molecule has 0 unspecified atom stereocenters. The maximum absolute atomic E-state index is 13.1. The minimum absolute atomic E-state index is 0.0447. The zero-order valence-corrected chi connectivity index (χ0v) is 13.6. The molecule has 0 fully saturated rings. The first-order chi connectivity index (χ1) is 11.3. The number of likely N-dealkylation sites (N-methyl/N-ethyl adjacent to an activating group) is 1. The topological polar surface area (TPSA) is 58.2 Å². The molecule has 0 aliphatic carbocycles. The van der Waals surface area contributed by atoms with E-state index in [0.717, 1.165) is 0 Å². The van der Waals surface area contributed by atoms with Gasteiger partial charge in [0.05, 0.1) is 6.61 Å². The van der Waals surface area contributed by atoms with Crippen molar-refractivity contribution in [2.24, 2.45) is 0 Å². The van der Waals surface area contributed by atoms with Crippen LogP contribution in [0.1, 0.15) is 21.7 Å². The van der Waals surface area contributed by atoms with E-state index >= 15 is 0 Å². The van der Waals surface area contributed by atoms with Crippen LogP contribution in [-0.2, 0) is 10.9 Å². The Morgan fingerprint density at radius 2 is 2.08 bits per heavy atom. The van der Waals surface area contributed by atoms with Gasteiger partial charge in [-0.15, -0.1) is 0 Å². The molecule has 0 saturated heterocycles. The fourth-order valence-electron chi connectivity index (χ4n) is 2.35. The molecule has 0 aliphatic heterocycles. The zero-order chi connectivity index (χ0) is 17.9. The fraction of sp³-hybridized carbons (Fsp3) is 0.375. The van der Waals surface area contributed by atoms with E-state index in [1.165, 1.54) is 31.1 Å². The minimum Gasteiger partial charge on any atom is -0.383 e. The lowest BCUT2D eigenvalue weighted by Crippen LogP contribution is -2.29. The minimum atomic E-state index is -4.57. The number of methoxy groups -OCH3 is 1. The smallest absolute Gasteiger partial charge is 0.383 e. The number of aromatic amines is 1. The molecule has 1 aromatic heterocycles. The molecular weight excluding hydrogens is 323 g/mol. The number of ether oxygens (including phenoxy) is 1. The second-order valence-corrected chi connectivity index (χ2v) is 5.37. The number of carbonyl (C=O) groups excluding carboxylic acids is 1. The van der Waals surface area contributed by atoms with Crippen molar-refractivity contribution < 1.29 is 22.7 Å². The lowest BCUT2D eigenvalue weighted by molar-refractivity contribution is -0.140. The van der Waals surface area contributed by atoms with Crippen molar-refractivity contribution in [2.45, 2.75) is 13.1 Å². The van der Waals surface area contributed by atoms with Gasteiger partial charge in [-0.1, -0.05) is 12.1 Å².